The van der Waals surface area contributed by atoms with Crippen LogP contribution in [0.4, 0.5) is 32.0 Å². The van der Waals surface area contributed by atoms with E-state index in [4.69, 9.17) is 9.84 Å². The number of carboxylic acid groups (broad SMARTS) is 2. The van der Waals surface area contributed by atoms with Gasteiger partial charge in [0, 0.05) is 6.04 Å². The molecule has 0 spiro atoms. The molecule has 2 heterocycles. The molecule has 2 aromatic carbocycles. The number of rotatable bonds is 10. The van der Waals surface area contributed by atoms with Crippen LogP contribution in [0.15, 0.2) is 46.9 Å². The molecule has 4 rings (SSSR count). The van der Waals surface area contributed by atoms with Crippen LogP contribution in [0.25, 0.3) is 10.4 Å². The maximum absolute atomic E-state index is 13.9. The highest BCUT2D eigenvalue weighted by molar-refractivity contribution is 9.10. The average Bonchev–Trinajstić information content (AvgIpc) is 3.27. The number of carboxylic acids is 2. The molecule has 3 aromatic rings. The number of benzene rings is 2. The van der Waals surface area contributed by atoms with Gasteiger partial charge < -0.3 is 20.3 Å². The molecule has 0 atom stereocenters. The lowest BCUT2D eigenvalue weighted by molar-refractivity contribution is -0.143. The van der Waals surface area contributed by atoms with Gasteiger partial charge in [0.2, 0.25) is 10.0 Å². The van der Waals surface area contributed by atoms with E-state index in [1.165, 1.54) is 24.3 Å². The van der Waals surface area contributed by atoms with E-state index in [9.17, 15) is 49.5 Å². The standard InChI is InChI=1S/C27H23BrF6N2O7S2/c28-21-22(43-12-20(37)38)24(25(39)40)44-23(21)15-2-1-3-19(10-15)36(18-4-6-35-7-5-18)45(41,42)13-14-8-16(26(29,30)31)11-17(9-14)27(32,33)34/h1-3,8-11,18,35H,4-7,12-13H2,(H,37,38)(H,39,40). The van der Waals surface area contributed by atoms with Crippen molar-refractivity contribution in [3.63, 3.8) is 0 Å². The Morgan fingerprint density at radius 1 is 1.00 bits per heavy atom. The number of ether oxygens (including phenoxy) is 1. The number of nitrogens with one attached hydrogen (secondary N) is 1. The first-order valence-corrected chi connectivity index (χ1v) is 16.1. The fourth-order valence-electron chi connectivity index (χ4n) is 4.79. The Morgan fingerprint density at radius 2 is 1.60 bits per heavy atom. The molecule has 244 valence electrons. The minimum atomic E-state index is -5.17. The Labute approximate surface area is 264 Å². The van der Waals surface area contributed by atoms with Crippen LogP contribution in [0.5, 0.6) is 5.75 Å². The largest absolute Gasteiger partial charge is 0.479 e. The second kappa shape index (κ2) is 13.2. The molecule has 45 heavy (non-hydrogen) atoms. The minimum absolute atomic E-state index is 0.0348. The minimum Gasteiger partial charge on any atom is -0.479 e. The Hall–Kier alpha value is -3.35. The fraction of sp³-hybridized carbons (Fsp3) is 0.333. The number of piperidine rings is 1. The van der Waals surface area contributed by atoms with E-state index in [0.29, 0.717) is 25.2 Å². The summed E-state index contributed by atoms with van der Waals surface area (Å²) in [5, 5.41) is 21.7. The number of alkyl halides is 6. The molecule has 9 nitrogen and oxygen atoms in total. The van der Waals surface area contributed by atoms with Gasteiger partial charge in [0.15, 0.2) is 17.2 Å². The Bertz CT molecular complexity index is 1670. The quantitative estimate of drug-likeness (QED) is 0.202. The van der Waals surface area contributed by atoms with Crippen molar-refractivity contribution in [2.75, 3.05) is 24.0 Å². The summed E-state index contributed by atoms with van der Waals surface area (Å²) in [5.41, 5.74) is -3.68. The Kier molecular flexibility index (Phi) is 10.1. The van der Waals surface area contributed by atoms with E-state index in [1.807, 2.05) is 0 Å². The average molecular weight is 746 g/mol. The van der Waals surface area contributed by atoms with Gasteiger partial charge in [-0.05, 0) is 83.3 Å². The third kappa shape index (κ3) is 8.09. The zero-order valence-corrected chi connectivity index (χ0v) is 25.9. The molecule has 0 saturated carbocycles. The Balaban J connectivity index is 1.81. The van der Waals surface area contributed by atoms with E-state index in [1.54, 1.807) is 0 Å². The molecule has 0 bridgehead atoms. The van der Waals surface area contributed by atoms with E-state index in [-0.39, 0.29) is 50.1 Å². The van der Waals surface area contributed by atoms with Crippen molar-refractivity contribution >= 4 is 54.9 Å². The van der Waals surface area contributed by atoms with Crippen molar-refractivity contribution in [1.82, 2.24) is 5.32 Å². The monoisotopic (exact) mass is 744 g/mol. The van der Waals surface area contributed by atoms with E-state index < -0.39 is 69.4 Å². The predicted octanol–water partition coefficient (Wildman–Crippen LogP) is 6.47. The molecule has 3 N–H and O–H groups in total. The molecule has 0 amide bonds. The van der Waals surface area contributed by atoms with Crippen molar-refractivity contribution in [2.45, 2.75) is 37.0 Å². The SMILES string of the molecule is O=C(O)COc1c(C(=O)O)sc(-c2cccc(N(C3CCNCC3)S(=O)(=O)Cc3cc(C(F)(F)F)cc(C(F)(F)F)c3)c2)c1Br. The zero-order chi connectivity index (χ0) is 33.3. The zero-order valence-electron chi connectivity index (χ0n) is 22.7. The molecule has 0 aliphatic carbocycles. The third-order valence-corrected chi connectivity index (χ3v) is 10.7. The number of hydrogen-bond acceptors (Lipinski definition) is 7. The molecule has 0 radical (unpaired) electrons. The lowest BCUT2D eigenvalue weighted by atomic mass is 10.1. The van der Waals surface area contributed by atoms with Gasteiger partial charge in [-0.15, -0.1) is 11.3 Å². The van der Waals surface area contributed by atoms with Gasteiger partial charge >= 0.3 is 24.3 Å². The number of sulfonamides is 1. The van der Waals surface area contributed by atoms with Crippen LogP contribution in [0.3, 0.4) is 0 Å². The maximum Gasteiger partial charge on any atom is 0.416 e. The van der Waals surface area contributed by atoms with Crippen LogP contribution in [0.1, 0.15) is 39.2 Å². The highest BCUT2D eigenvalue weighted by atomic mass is 79.9. The highest BCUT2D eigenvalue weighted by Crippen LogP contribution is 2.46. The van der Waals surface area contributed by atoms with E-state index in [0.717, 1.165) is 15.6 Å². The lowest BCUT2D eigenvalue weighted by Gasteiger charge is -2.35. The first-order chi connectivity index (χ1) is 20.9. The van der Waals surface area contributed by atoms with Crippen molar-refractivity contribution in [1.29, 1.82) is 0 Å². The molecule has 1 aromatic heterocycles. The van der Waals surface area contributed by atoms with Crippen molar-refractivity contribution in [3.05, 3.63) is 68.5 Å². The summed E-state index contributed by atoms with van der Waals surface area (Å²) < 4.78 is 115. The number of halogens is 7. The van der Waals surface area contributed by atoms with Crippen LogP contribution >= 0.6 is 27.3 Å². The molecule has 1 saturated heterocycles. The molecular formula is C27H23BrF6N2O7S2. The van der Waals surface area contributed by atoms with Gasteiger partial charge in [-0.25, -0.2) is 18.0 Å². The lowest BCUT2D eigenvalue weighted by Crippen LogP contribution is -2.46. The molecule has 1 fully saturated rings. The van der Waals surface area contributed by atoms with Gasteiger partial charge in [0.05, 0.1) is 31.9 Å². The van der Waals surface area contributed by atoms with Crippen LogP contribution < -0.4 is 14.4 Å². The number of thiophene rings is 1. The molecule has 1 aliphatic rings. The van der Waals surface area contributed by atoms with E-state index >= 15 is 0 Å². The number of nitrogens with zero attached hydrogens (tertiary/aromatic N) is 1. The highest BCUT2D eigenvalue weighted by Gasteiger charge is 2.38. The summed E-state index contributed by atoms with van der Waals surface area (Å²) in [6, 6.07) is 5.70. The van der Waals surface area contributed by atoms with Crippen LogP contribution in [-0.4, -0.2) is 56.3 Å². The summed E-state index contributed by atoms with van der Waals surface area (Å²) in [4.78, 5) is 22.8. The maximum atomic E-state index is 13.9. The molecular weight excluding hydrogens is 722 g/mol. The van der Waals surface area contributed by atoms with Crippen molar-refractivity contribution < 1.29 is 59.3 Å². The summed E-state index contributed by atoms with van der Waals surface area (Å²) in [6.07, 6.45) is -9.78. The van der Waals surface area contributed by atoms with Crippen molar-refractivity contribution in [2.24, 2.45) is 0 Å². The number of anilines is 1. The topological polar surface area (TPSA) is 133 Å². The van der Waals surface area contributed by atoms with Crippen LogP contribution in [0, 0.1) is 0 Å². The smallest absolute Gasteiger partial charge is 0.416 e. The number of hydrogen-bond donors (Lipinski definition) is 3. The van der Waals surface area contributed by atoms with Crippen LogP contribution in [-0.2, 0) is 32.9 Å². The fourth-order valence-corrected chi connectivity index (χ4v) is 8.51. The number of aliphatic carboxylic acids is 1. The second-order valence-corrected chi connectivity index (χ2v) is 13.5. The summed E-state index contributed by atoms with van der Waals surface area (Å²) in [6.45, 7) is -0.0653. The normalized spacial score (nSPS) is 14.7. The second-order valence-electron chi connectivity index (χ2n) is 9.89. The molecule has 0 unspecified atom stereocenters. The third-order valence-electron chi connectivity index (χ3n) is 6.64. The first kappa shape index (κ1) is 34.5. The summed E-state index contributed by atoms with van der Waals surface area (Å²) >= 11 is 3.95. The van der Waals surface area contributed by atoms with Gasteiger partial charge in [-0.1, -0.05) is 12.1 Å². The van der Waals surface area contributed by atoms with Gasteiger partial charge in [0.25, 0.3) is 0 Å². The van der Waals surface area contributed by atoms with Crippen molar-refractivity contribution in [3.8, 4) is 16.2 Å². The first-order valence-electron chi connectivity index (χ1n) is 12.9. The Morgan fingerprint density at radius 3 is 2.13 bits per heavy atom. The summed E-state index contributed by atoms with van der Waals surface area (Å²) in [7, 11) is -4.62. The molecule has 1 aliphatic heterocycles. The molecule has 18 heteroatoms. The number of aromatic carboxylic acids is 1. The number of carbonyl (C=O) groups is 2. The van der Waals surface area contributed by atoms with Crippen LogP contribution in [0.2, 0.25) is 0 Å². The van der Waals surface area contributed by atoms with Gasteiger partial charge in [0.1, 0.15) is 0 Å². The van der Waals surface area contributed by atoms with Gasteiger partial charge in [-0.2, -0.15) is 26.3 Å². The van der Waals surface area contributed by atoms with E-state index in [2.05, 4.69) is 21.2 Å². The summed E-state index contributed by atoms with van der Waals surface area (Å²) in [5.74, 6) is -4.21. The van der Waals surface area contributed by atoms with Gasteiger partial charge in [-0.3, -0.25) is 4.31 Å². The predicted molar refractivity (Wildman–Crippen MR) is 155 cm³/mol.